The van der Waals surface area contributed by atoms with Crippen LogP contribution in [0.15, 0.2) is 41.0 Å². The number of rotatable bonds is 6. The second kappa shape index (κ2) is 9.57. The van der Waals surface area contributed by atoms with E-state index in [4.69, 9.17) is 9.47 Å². The van der Waals surface area contributed by atoms with Gasteiger partial charge in [-0.05, 0) is 55.5 Å². The molecule has 0 spiro atoms. The number of ether oxygens (including phenoxy) is 2. The summed E-state index contributed by atoms with van der Waals surface area (Å²) in [6, 6.07) is 8.01. The maximum atomic E-state index is 13.9. The minimum Gasteiger partial charge on any atom is -0.491 e. The fourth-order valence-electron chi connectivity index (χ4n) is 3.64. The highest BCUT2D eigenvalue weighted by atomic mass is 32.2. The smallest absolute Gasteiger partial charge is 0.145 e. The van der Waals surface area contributed by atoms with Crippen LogP contribution in [0.25, 0.3) is 10.9 Å². The average Bonchev–Trinajstić information content (AvgIpc) is 2.74. The van der Waals surface area contributed by atoms with Gasteiger partial charge in [-0.1, -0.05) is 0 Å². The zero-order valence-corrected chi connectivity index (χ0v) is 18.2. The third-order valence-electron chi connectivity index (χ3n) is 5.17. The number of aromatic nitrogens is 2. The predicted octanol–water partition coefficient (Wildman–Crippen LogP) is 5.04. The first-order chi connectivity index (χ1) is 15.0. The van der Waals surface area contributed by atoms with Crippen LogP contribution in [0.2, 0.25) is 0 Å². The summed E-state index contributed by atoms with van der Waals surface area (Å²) in [5.41, 5.74) is 2.78. The lowest BCUT2D eigenvalue weighted by Crippen LogP contribution is -2.21. The Hall–Kier alpha value is -2.78. The second-order valence-electron chi connectivity index (χ2n) is 7.53. The first-order valence-electron chi connectivity index (χ1n) is 10.1. The number of fused-ring (bicyclic) bond motifs is 1. The molecule has 1 aliphatic rings. The van der Waals surface area contributed by atoms with Crippen LogP contribution in [0.4, 0.5) is 21.6 Å². The van der Waals surface area contributed by atoms with Gasteiger partial charge >= 0.3 is 0 Å². The van der Waals surface area contributed by atoms with Crippen molar-refractivity contribution in [2.24, 2.45) is 10.3 Å². The Labute approximate surface area is 182 Å². The van der Waals surface area contributed by atoms with Crippen molar-refractivity contribution in [1.29, 1.82) is 0 Å². The van der Waals surface area contributed by atoms with Gasteiger partial charge < -0.3 is 23.4 Å². The summed E-state index contributed by atoms with van der Waals surface area (Å²) in [7, 11) is -1.31. The number of hydrogen-bond acceptors (Lipinski definition) is 8. The lowest BCUT2D eigenvalue weighted by atomic mass is 10.0. The SMILES string of the molecule is Cc1cc(N=[S-](C)=O)cc2ncnc(Nc3ccc(F)cc3OCC3CCOCC3)c12. The van der Waals surface area contributed by atoms with E-state index in [2.05, 4.69) is 19.6 Å². The maximum Gasteiger partial charge on any atom is 0.145 e. The molecule has 0 amide bonds. The monoisotopic (exact) mass is 443 g/mol. The number of aryl methyl sites for hydroxylation is 1. The van der Waals surface area contributed by atoms with E-state index in [1.807, 2.05) is 13.0 Å². The Morgan fingerprint density at radius 3 is 2.84 bits per heavy atom. The highest BCUT2D eigenvalue weighted by Gasteiger charge is 2.17. The molecule has 2 heterocycles. The molecule has 7 nitrogen and oxygen atoms in total. The fourth-order valence-corrected chi connectivity index (χ4v) is 4.04. The average molecular weight is 444 g/mol. The molecule has 2 aromatic carbocycles. The maximum absolute atomic E-state index is 13.9. The number of anilines is 2. The molecule has 164 valence electrons. The summed E-state index contributed by atoms with van der Waals surface area (Å²) in [6.07, 6.45) is 4.83. The normalized spacial score (nSPS) is 15.8. The molecule has 0 bridgehead atoms. The summed E-state index contributed by atoms with van der Waals surface area (Å²) < 4.78 is 40.9. The molecule has 1 N–H and O–H groups in total. The van der Waals surface area contributed by atoms with Gasteiger partial charge in [0, 0.05) is 30.4 Å². The quantitative estimate of drug-likeness (QED) is 0.538. The Kier molecular flexibility index (Phi) is 6.62. The van der Waals surface area contributed by atoms with Crippen LogP contribution in [0.5, 0.6) is 5.75 Å². The number of hydrogen-bond donors (Lipinski definition) is 1. The van der Waals surface area contributed by atoms with Crippen molar-refractivity contribution in [1.82, 2.24) is 9.97 Å². The molecule has 0 unspecified atom stereocenters. The molecule has 3 aromatic rings. The number of halogens is 1. The second-order valence-corrected chi connectivity index (χ2v) is 8.56. The van der Waals surface area contributed by atoms with Gasteiger partial charge in [0.15, 0.2) is 0 Å². The molecule has 0 atom stereocenters. The summed E-state index contributed by atoms with van der Waals surface area (Å²) in [5.74, 6) is 1.03. The Morgan fingerprint density at radius 1 is 1.26 bits per heavy atom. The van der Waals surface area contributed by atoms with Crippen LogP contribution in [-0.2, 0) is 19.5 Å². The highest BCUT2D eigenvalue weighted by Crippen LogP contribution is 2.34. The third-order valence-corrected chi connectivity index (χ3v) is 5.63. The zero-order valence-electron chi connectivity index (χ0n) is 17.4. The van der Waals surface area contributed by atoms with Crippen LogP contribution in [0.1, 0.15) is 18.4 Å². The van der Waals surface area contributed by atoms with E-state index in [-0.39, 0.29) is 5.82 Å². The van der Waals surface area contributed by atoms with Gasteiger partial charge in [-0.3, -0.25) is 0 Å². The van der Waals surface area contributed by atoms with Gasteiger partial charge in [0.1, 0.15) is 23.7 Å². The van der Waals surface area contributed by atoms with Crippen molar-refractivity contribution >= 4 is 38.7 Å². The van der Waals surface area contributed by atoms with E-state index in [0.29, 0.717) is 41.0 Å². The van der Waals surface area contributed by atoms with Crippen LogP contribution in [-0.4, -0.2) is 36.0 Å². The van der Waals surface area contributed by atoms with E-state index in [9.17, 15) is 8.60 Å². The molecule has 1 aliphatic heterocycles. The van der Waals surface area contributed by atoms with Crippen LogP contribution < -0.4 is 10.1 Å². The summed E-state index contributed by atoms with van der Waals surface area (Å²) >= 11 is 0. The van der Waals surface area contributed by atoms with Crippen molar-refractivity contribution in [3.63, 3.8) is 0 Å². The van der Waals surface area contributed by atoms with Crippen LogP contribution >= 0.6 is 0 Å². The minimum absolute atomic E-state index is 0.366. The van der Waals surface area contributed by atoms with Gasteiger partial charge in [0.05, 0.1) is 17.8 Å². The van der Waals surface area contributed by atoms with Gasteiger partial charge in [-0.25, -0.2) is 14.4 Å². The predicted molar refractivity (Wildman–Crippen MR) is 119 cm³/mol. The minimum atomic E-state index is -1.31. The van der Waals surface area contributed by atoms with Gasteiger partial charge in [0.2, 0.25) is 0 Å². The molecule has 1 saturated heterocycles. The van der Waals surface area contributed by atoms with Gasteiger partial charge in [-0.15, -0.1) is 6.26 Å². The van der Waals surface area contributed by atoms with Crippen molar-refractivity contribution in [3.8, 4) is 5.75 Å². The standard InChI is InChI=1S/C22H24FN4O3S/c1-14-9-17(27-31(2)28)11-19-21(14)22(25-13-24-19)26-18-4-3-16(23)10-20(18)30-12-15-5-7-29-8-6-15/h3-4,9-11,13,15H,5-8,12H2,1-2H3,(H,24,25,26)/q-1. The molecule has 31 heavy (non-hydrogen) atoms. The molecule has 0 saturated carbocycles. The van der Waals surface area contributed by atoms with Crippen molar-refractivity contribution in [2.45, 2.75) is 19.8 Å². The summed E-state index contributed by atoms with van der Waals surface area (Å²) in [4.78, 5) is 8.72. The number of nitrogens with zero attached hydrogens (tertiary/aromatic N) is 3. The van der Waals surface area contributed by atoms with Gasteiger partial charge in [-0.2, -0.15) is 10.6 Å². The molecule has 9 heteroatoms. The molecule has 0 radical (unpaired) electrons. The topological polar surface area (TPSA) is 85.7 Å². The first-order valence-corrected chi connectivity index (χ1v) is 11.6. The summed E-state index contributed by atoms with van der Waals surface area (Å²) in [6.45, 7) is 3.88. The Morgan fingerprint density at radius 2 is 2.06 bits per heavy atom. The first kappa shape index (κ1) is 21.5. The molecular weight excluding hydrogens is 419 g/mol. The van der Waals surface area contributed by atoms with Gasteiger partial charge in [0.25, 0.3) is 0 Å². The van der Waals surface area contributed by atoms with E-state index in [1.165, 1.54) is 24.7 Å². The van der Waals surface area contributed by atoms with Crippen LogP contribution in [0.3, 0.4) is 0 Å². The van der Waals surface area contributed by atoms with E-state index in [0.717, 1.165) is 37.0 Å². The Balaban J connectivity index is 1.64. The molecule has 1 aromatic heterocycles. The molecule has 4 rings (SSSR count). The van der Waals surface area contributed by atoms with E-state index in [1.54, 1.807) is 12.1 Å². The number of benzene rings is 2. The van der Waals surface area contributed by atoms with Crippen molar-refractivity contribution < 1.29 is 18.1 Å². The van der Waals surface area contributed by atoms with E-state index < -0.39 is 10.6 Å². The third kappa shape index (κ3) is 5.29. The fraction of sp³-hybridized carbons (Fsp3) is 0.364. The van der Waals surface area contributed by atoms with Crippen molar-refractivity contribution in [3.05, 3.63) is 48.0 Å². The molecule has 0 aliphatic carbocycles. The highest BCUT2D eigenvalue weighted by molar-refractivity contribution is 7.74. The van der Waals surface area contributed by atoms with Crippen molar-refractivity contribution in [2.75, 3.05) is 31.4 Å². The lowest BCUT2D eigenvalue weighted by molar-refractivity contribution is 0.0498. The zero-order chi connectivity index (χ0) is 21.8. The molecular formula is C22H24FN4O3S-. The lowest BCUT2D eigenvalue weighted by Gasteiger charge is -2.23. The summed E-state index contributed by atoms with van der Waals surface area (Å²) in [5, 5.41) is 4.08. The number of nitrogens with one attached hydrogen (secondary N) is 1. The Bertz CT molecular complexity index is 1170. The largest absolute Gasteiger partial charge is 0.491 e. The molecule has 1 fully saturated rings. The van der Waals surface area contributed by atoms with E-state index >= 15 is 0 Å². The van der Waals surface area contributed by atoms with Crippen LogP contribution in [0, 0.1) is 18.7 Å².